The van der Waals surface area contributed by atoms with Gasteiger partial charge in [-0.2, -0.15) is 17.0 Å². The molecule has 1 atom stereocenters. The van der Waals surface area contributed by atoms with Crippen molar-refractivity contribution in [2.75, 3.05) is 11.5 Å². The minimum absolute atomic E-state index is 0.301. The second-order valence-corrected chi connectivity index (χ2v) is 3.51. The van der Waals surface area contributed by atoms with E-state index in [1.54, 1.807) is 11.8 Å². The second-order valence-electron chi connectivity index (χ2n) is 2.29. The van der Waals surface area contributed by atoms with Crippen molar-refractivity contribution in [3.05, 3.63) is 0 Å². The summed E-state index contributed by atoms with van der Waals surface area (Å²) >= 11 is 1.80. The topological polar surface area (TPSA) is 49.8 Å². The van der Waals surface area contributed by atoms with Crippen LogP contribution in [0.3, 0.4) is 0 Å². The standard InChI is InChI=1S/C7H14N2S/c1-7(9)3-6-10-5-2-4-8/h7H,2-3,5-6,9H2,1H3. The third-order valence-corrected chi connectivity index (χ3v) is 2.09. The fourth-order valence-corrected chi connectivity index (χ4v) is 1.47. The summed E-state index contributed by atoms with van der Waals surface area (Å²) in [4.78, 5) is 0. The highest BCUT2D eigenvalue weighted by atomic mass is 32.2. The molecule has 0 fully saturated rings. The summed E-state index contributed by atoms with van der Waals surface area (Å²) in [5.74, 6) is 2.03. The molecule has 10 heavy (non-hydrogen) atoms. The van der Waals surface area contributed by atoms with Crippen molar-refractivity contribution in [2.24, 2.45) is 5.73 Å². The van der Waals surface area contributed by atoms with Gasteiger partial charge in [-0.05, 0) is 19.1 Å². The molecule has 0 aromatic heterocycles. The van der Waals surface area contributed by atoms with E-state index in [-0.39, 0.29) is 0 Å². The smallest absolute Gasteiger partial charge is 0.0630 e. The molecular formula is C7H14N2S. The van der Waals surface area contributed by atoms with Gasteiger partial charge in [0.15, 0.2) is 0 Å². The second kappa shape index (κ2) is 6.91. The number of rotatable bonds is 5. The monoisotopic (exact) mass is 158 g/mol. The Hall–Kier alpha value is -0.200. The van der Waals surface area contributed by atoms with Crippen LogP contribution in [0.2, 0.25) is 0 Å². The number of nitriles is 1. The summed E-state index contributed by atoms with van der Waals surface area (Å²) in [6.45, 7) is 2.00. The Labute approximate surface area is 66.8 Å². The van der Waals surface area contributed by atoms with Crippen LogP contribution in [-0.2, 0) is 0 Å². The van der Waals surface area contributed by atoms with Gasteiger partial charge in [-0.3, -0.25) is 0 Å². The van der Waals surface area contributed by atoms with E-state index in [0.29, 0.717) is 12.5 Å². The number of hydrogen-bond donors (Lipinski definition) is 1. The maximum Gasteiger partial charge on any atom is 0.0630 e. The largest absolute Gasteiger partial charge is 0.328 e. The molecule has 0 saturated heterocycles. The van der Waals surface area contributed by atoms with Gasteiger partial charge in [0.05, 0.1) is 6.07 Å². The SMILES string of the molecule is CC(N)CCSCCC#N. The summed E-state index contributed by atoms with van der Waals surface area (Å²) in [6, 6.07) is 2.40. The average molecular weight is 158 g/mol. The maximum absolute atomic E-state index is 8.19. The number of nitrogens with zero attached hydrogens (tertiary/aromatic N) is 1. The predicted octanol–water partition coefficient (Wildman–Crippen LogP) is 1.37. The first-order valence-electron chi connectivity index (χ1n) is 3.47. The summed E-state index contributed by atoms with van der Waals surface area (Å²) in [5, 5.41) is 8.19. The lowest BCUT2D eigenvalue weighted by Gasteiger charge is -2.01. The Bertz CT molecular complexity index is 107. The third-order valence-electron chi connectivity index (χ3n) is 1.08. The van der Waals surface area contributed by atoms with Gasteiger partial charge >= 0.3 is 0 Å². The van der Waals surface area contributed by atoms with E-state index >= 15 is 0 Å². The molecule has 0 heterocycles. The van der Waals surface area contributed by atoms with Crippen LogP contribution < -0.4 is 5.73 Å². The van der Waals surface area contributed by atoms with Gasteiger partial charge in [-0.15, -0.1) is 0 Å². The molecule has 0 spiro atoms. The van der Waals surface area contributed by atoms with Gasteiger partial charge in [-0.1, -0.05) is 0 Å². The highest BCUT2D eigenvalue weighted by molar-refractivity contribution is 7.99. The normalized spacial score (nSPS) is 12.5. The van der Waals surface area contributed by atoms with E-state index < -0.39 is 0 Å². The Morgan fingerprint density at radius 2 is 2.30 bits per heavy atom. The van der Waals surface area contributed by atoms with Crippen molar-refractivity contribution >= 4 is 11.8 Å². The lowest BCUT2D eigenvalue weighted by Crippen LogP contribution is -2.15. The first-order valence-corrected chi connectivity index (χ1v) is 4.63. The highest BCUT2D eigenvalue weighted by Crippen LogP contribution is 2.04. The van der Waals surface area contributed by atoms with E-state index in [4.69, 9.17) is 11.0 Å². The third kappa shape index (κ3) is 7.80. The Balaban J connectivity index is 2.86. The first kappa shape index (κ1) is 9.80. The summed E-state index contributed by atoms with van der Waals surface area (Å²) in [7, 11) is 0. The van der Waals surface area contributed by atoms with E-state index in [1.807, 2.05) is 6.92 Å². The van der Waals surface area contributed by atoms with Crippen LogP contribution in [0.4, 0.5) is 0 Å². The van der Waals surface area contributed by atoms with Crippen molar-refractivity contribution in [3.8, 4) is 6.07 Å². The first-order chi connectivity index (χ1) is 4.77. The molecular weight excluding hydrogens is 144 g/mol. The van der Waals surface area contributed by atoms with E-state index in [2.05, 4.69) is 6.07 Å². The molecule has 0 aliphatic heterocycles. The Kier molecular flexibility index (Phi) is 6.78. The van der Waals surface area contributed by atoms with Crippen LogP contribution in [0.5, 0.6) is 0 Å². The van der Waals surface area contributed by atoms with Crippen molar-refractivity contribution in [1.82, 2.24) is 0 Å². The molecule has 0 saturated carbocycles. The minimum atomic E-state index is 0.301. The van der Waals surface area contributed by atoms with Crippen LogP contribution in [-0.4, -0.2) is 17.5 Å². The van der Waals surface area contributed by atoms with Crippen LogP contribution >= 0.6 is 11.8 Å². The molecule has 2 N–H and O–H groups in total. The van der Waals surface area contributed by atoms with E-state index in [0.717, 1.165) is 17.9 Å². The molecule has 0 aliphatic rings. The van der Waals surface area contributed by atoms with Crippen molar-refractivity contribution in [2.45, 2.75) is 25.8 Å². The molecule has 0 aromatic rings. The molecule has 0 aliphatic carbocycles. The molecule has 3 heteroatoms. The predicted molar refractivity (Wildman–Crippen MR) is 45.8 cm³/mol. The number of hydrogen-bond acceptors (Lipinski definition) is 3. The van der Waals surface area contributed by atoms with Crippen LogP contribution in [0.25, 0.3) is 0 Å². The number of thioether (sulfide) groups is 1. The Morgan fingerprint density at radius 3 is 2.80 bits per heavy atom. The van der Waals surface area contributed by atoms with Gasteiger partial charge < -0.3 is 5.73 Å². The zero-order chi connectivity index (χ0) is 7.82. The average Bonchev–Trinajstić information content (AvgIpc) is 1.87. The van der Waals surface area contributed by atoms with Gasteiger partial charge in [-0.25, -0.2) is 0 Å². The molecule has 0 amide bonds. The van der Waals surface area contributed by atoms with Crippen molar-refractivity contribution in [1.29, 1.82) is 5.26 Å². The maximum atomic E-state index is 8.19. The van der Waals surface area contributed by atoms with Crippen LogP contribution in [0, 0.1) is 11.3 Å². The quantitative estimate of drug-likeness (QED) is 0.615. The molecule has 2 nitrogen and oxygen atoms in total. The fourth-order valence-electron chi connectivity index (χ4n) is 0.489. The lowest BCUT2D eigenvalue weighted by atomic mass is 10.3. The lowest BCUT2D eigenvalue weighted by molar-refractivity contribution is 0.721. The summed E-state index contributed by atoms with van der Waals surface area (Å²) in [6.07, 6.45) is 1.71. The zero-order valence-corrected chi connectivity index (χ0v) is 7.16. The summed E-state index contributed by atoms with van der Waals surface area (Å²) < 4.78 is 0. The molecule has 0 bridgehead atoms. The van der Waals surface area contributed by atoms with Gasteiger partial charge in [0.25, 0.3) is 0 Å². The zero-order valence-electron chi connectivity index (χ0n) is 6.34. The fraction of sp³-hybridized carbons (Fsp3) is 0.857. The van der Waals surface area contributed by atoms with Crippen molar-refractivity contribution in [3.63, 3.8) is 0 Å². The molecule has 0 rings (SSSR count). The molecule has 1 unspecified atom stereocenters. The van der Waals surface area contributed by atoms with Crippen LogP contribution in [0.15, 0.2) is 0 Å². The number of nitrogens with two attached hydrogens (primary N) is 1. The summed E-state index contributed by atoms with van der Waals surface area (Å²) in [5.41, 5.74) is 5.53. The highest BCUT2D eigenvalue weighted by Gasteiger charge is 1.93. The van der Waals surface area contributed by atoms with Gasteiger partial charge in [0.2, 0.25) is 0 Å². The van der Waals surface area contributed by atoms with Gasteiger partial charge in [0.1, 0.15) is 0 Å². The Morgan fingerprint density at radius 1 is 1.60 bits per heavy atom. The van der Waals surface area contributed by atoms with E-state index in [1.165, 1.54) is 0 Å². The molecule has 58 valence electrons. The van der Waals surface area contributed by atoms with Crippen LogP contribution in [0.1, 0.15) is 19.8 Å². The molecule has 0 radical (unpaired) electrons. The van der Waals surface area contributed by atoms with Gasteiger partial charge in [0, 0.05) is 18.2 Å². The van der Waals surface area contributed by atoms with E-state index in [9.17, 15) is 0 Å². The van der Waals surface area contributed by atoms with Crippen molar-refractivity contribution < 1.29 is 0 Å². The molecule has 0 aromatic carbocycles. The minimum Gasteiger partial charge on any atom is -0.328 e.